The van der Waals surface area contributed by atoms with Gasteiger partial charge >= 0.3 is 0 Å². The summed E-state index contributed by atoms with van der Waals surface area (Å²) in [6.07, 6.45) is 0. The number of hydrogen-bond acceptors (Lipinski definition) is 3. The molecule has 0 aromatic rings. The first kappa shape index (κ1) is 14.4. The first-order valence-corrected chi connectivity index (χ1v) is 7.09. The maximum Gasteiger partial charge on any atom is 0.0644 e. The number of halogens is 1. The highest BCUT2D eigenvalue weighted by Gasteiger charge is 2.30. The van der Waals surface area contributed by atoms with Gasteiger partial charge in [0.25, 0.3) is 0 Å². The molecule has 0 radical (unpaired) electrons. The van der Waals surface area contributed by atoms with Crippen molar-refractivity contribution in [3.63, 3.8) is 0 Å². The van der Waals surface area contributed by atoms with E-state index in [1.807, 2.05) is 0 Å². The number of hydrogen-bond donors (Lipinski definition) is 1. The molecule has 2 unspecified atom stereocenters. The third kappa shape index (κ3) is 3.99. The third-order valence-electron chi connectivity index (χ3n) is 3.43. The second-order valence-electron chi connectivity index (χ2n) is 5.62. The van der Waals surface area contributed by atoms with E-state index in [0.29, 0.717) is 17.9 Å². The summed E-state index contributed by atoms with van der Waals surface area (Å²) in [5.74, 6) is 0.597. The molecule has 1 heterocycles. The van der Waals surface area contributed by atoms with E-state index in [9.17, 15) is 5.11 Å². The number of aliphatic hydroxyl groups is 1. The molecule has 0 aromatic heterocycles. The van der Waals surface area contributed by atoms with Gasteiger partial charge in [-0.1, -0.05) is 36.7 Å². The second kappa shape index (κ2) is 6.34. The van der Waals surface area contributed by atoms with Crippen molar-refractivity contribution in [2.24, 2.45) is 11.3 Å². The molecule has 1 aliphatic heterocycles. The maximum absolute atomic E-state index is 9.32. The standard InChI is InChI=1S/C12H24BrNO2/c1-12(2,3)10(6-13)7-14-4-5-16-9-11(14)8-15/h10-11,15H,4-9H2,1-3H3. The Morgan fingerprint density at radius 1 is 1.50 bits per heavy atom. The topological polar surface area (TPSA) is 32.7 Å². The van der Waals surface area contributed by atoms with Crippen molar-refractivity contribution in [2.75, 3.05) is 38.2 Å². The maximum atomic E-state index is 9.32. The van der Waals surface area contributed by atoms with Gasteiger partial charge in [0.15, 0.2) is 0 Å². The molecule has 2 atom stereocenters. The summed E-state index contributed by atoms with van der Waals surface area (Å²) in [7, 11) is 0. The summed E-state index contributed by atoms with van der Waals surface area (Å²) in [6.45, 7) is 10.4. The first-order chi connectivity index (χ1) is 7.49. The van der Waals surface area contributed by atoms with E-state index in [1.165, 1.54) is 0 Å². The number of morpholine rings is 1. The van der Waals surface area contributed by atoms with Crippen LogP contribution in [0.2, 0.25) is 0 Å². The SMILES string of the molecule is CC(C)(C)C(CBr)CN1CCOCC1CO. The summed E-state index contributed by atoms with van der Waals surface area (Å²) in [6, 6.07) is 0.178. The lowest BCUT2D eigenvalue weighted by molar-refractivity contribution is -0.0383. The molecule has 96 valence electrons. The molecule has 0 spiro atoms. The fourth-order valence-corrected chi connectivity index (χ4v) is 3.11. The molecule has 3 nitrogen and oxygen atoms in total. The Hall–Kier alpha value is 0.360. The second-order valence-corrected chi connectivity index (χ2v) is 6.27. The van der Waals surface area contributed by atoms with Crippen molar-refractivity contribution in [1.82, 2.24) is 4.90 Å². The van der Waals surface area contributed by atoms with E-state index in [4.69, 9.17) is 4.74 Å². The minimum absolute atomic E-state index is 0.178. The van der Waals surface area contributed by atoms with E-state index in [-0.39, 0.29) is 12.6 Å². The van der Waals surface area contributed by atoms with Gasteiger partial charge in [-0.05, 0) is 11.3 Å². The molecule has 1 N–H and O–H groups in total. The average molecular weight is 294 g/mol. The van der Waals surface area contributed by atoms with Crippen LogP contribution in [-0.2, 0) is 4.74 Å². The minimum atomic E-state index is 0.178. The van der Waals surface area contributed by atoms with E-state index >= 15 is 0 Å². The van der Waals surface area contributed by atoms with Crippen molar-refractivity contribution in [3.05, 3.63) is 0 Å². The number of rotatable bonds is 4. The first-order valence-electron chi connectivity index (χ1n) is 5.97. The molecule has 1 aliphatic rings. The third-order valence-corrected chi connectivity index (χ3v) is 4.21. The van der Waals surface area contributed by atoms with Crippen molar-refractivity contribution >= 4 is 15.9 Å². The molecule has 0 amide bonds. The largest absolute Gasteiger partial charge is 0.395 e. The van der Waals surface area contributed by atoms with Crippen LogP contribution in [0, 0.1) is 11.3 Å². The van der Waals surface area contributed by atoms with Crippen LogP contribution in [0.4, 0.5) is 0 Å². The van der Waals surface area contributed by atoms with Gasteiger partial charge in [0.05, 0.1) is 25.9 Å². The average Bonchev–Trinajstić information content (AvgIpc) is 2.24. The fraction of sp³-hybridized carbons (Fsp3) is 1.00. The normalized spacial score (nSPS) is 25.7. The summed E-state index contributed by atoms with van der Waals surface area (Å²) in [4.78, 5) is 2.36. The minimum Gasteiger partial charge on any atom is -0.395 e. The van der Waals surface area contributed by atoms with Crippen LogP contribution < -0.4 is 0 Å². The van der Waals surface area contributed by atoms with E-state index in [0.717, 1.165) is 25.0 Å². The van der Waals surface area contributed by atoms with Gasteiger partial charge < -0.3 is 9.84 Å². The molecule has 0 aliphatic carbocycles. The zero-order valence-corrected chi connectivity index (χ0v) is 12.2. The van der Waals surface area contributed by atoms with Gasteiger partial charge in [0, 0.05) is 18.4 Å². The van der Waals surface area contributed by atoms with Gasteiger partial charge in [0.2, 0.25) is 0 Å². The van der Waals surface area contributed by atoms with Gasteiger partial charge in [-0.25, -0.2) is 0 Å². The van der Waals surface area contributed by atoms with Crippen molar-refractivity contribution in [2.45, 2.75) is 26.8 Å². The number of nitrogens with zero attached hydrogens (tertiary/aromatic N) is 1. The van der Waals surface area contributed by atoms with Crippen LogP contribution in [0.5, 0.6) is 0 Å². The van der Waals surface area contributed by atoms with Gasteiger partial charge in [-0.2, -0.15) is 0 Å². The van der Waals surface area contributed by atoms with E-state index in [1.54, 1.807) is 0 Å². The summed E-state index contributed by atoms with van der Waals surface area (Å²) in [5, 5.41) is 10.3. The summed E-state index contributed by atoms with van der Waals surface area (Å²) < 4.78 is 5.39. The Labute approximate surface area is 107 Å². The molecule has 1 fully saturated rings. The summed E-state index contributed by atoms with van der Waals surface area (Å²) in [5.41, 5.74) is 0.293. The van der Waals surface area contributed by atoms with Crippen LogP contribution in [0.25, 0.3) is 0 Å². The van der Waals surface area contributed by atoms with Crippen LogP contribution in [0.1, 0.15) is 20.8 Å². The molecular formula is C12H24BrNO2. The zero-order valence-electron chi connectivity index (χ0n) is 10.6. The van der Waals surface area contributed by atoms with Gasteiger partial charge in [-0.15, -0.1) is 0 Å². The van der Waals surface area contributed by atoms with Crippen LogP contribution in [0.15, 0.2) is 0 Å². The highest BCUT2D eigenvalue weighted by Crippen LogP contribution is 2.29. The molecule has 0 bridgehead atoms. The molecule has 1 saturated heterocycles. The highest BCUT2D eigenvalue weighted by atomic mass is 79.9. The monoisotopic (exact) mass is 293 g/mol. The van der Waals surface area contributed by atoms with Crippen molar-refractivity contribution < 1.29 is 9.84 Å². The Kier molecular flexibility index (Phi) is 5.71. The molecule has 0 saturated carbocycles. The lowest BCUT2D eigenvalue weighted by atomic mass is 9.81. The predicted molar refractivity (Wildman–Crippen MR) is 70.0 cm³/mol. The zero-order chi connectivity index (χ0) is 12.2. The molecule has 1 rings (SSSR count). The van der Waals surface area contributed by atoms with E-state index < -0.39 is 0 Å². The summed E-state index contributed by atoms with van der Waals surface area (Å²) >= 11 is 3.60. The molecular weight excluding hydrogens is 270 g/mol. The fourth-order valence-electron chi connectivity index (χ4n) is 1.93. The van der Waals surface area contributed by atoms with Crippen molar-refractivity contribution in [3.8, 4) is 0 Å². The smallest absolute Gasteiger partial charge is 0.0644 e. The molecule has 16 heavy (non-hydrogen) atoms. The molecule has 4 heteroatoms. The van der Waals surface area contributed by atoms with Crippen molar-refractivity contribution in [1.29, 1.82) is 0 Å². The van der Waals surface area contributed by atoms with Gasteiger partial charge in [-0.3, -0.25) is 4.90 Å². The van der Waals surface area contributed by atoms with Crippen LogP contribution in [-0.4, -0.2) is 54.3 Å². The molecule has 0 aromatic carbocycles. The Morgan fingerprint density at radius 3 is 2.69 bits per heavy atom. The number of aliphatic hydroxyl groups excluding tert-OH is 1. The number of alkyl halides is 1. The Balaban J connectivity index is 2.55. The predicted octanol–water partition coefficient (Wildman–Crippen LogP) is 1.74. The Bertz CT molecular complexity index is 206. The highest BCUT2D eigenvalue weighted by molar-refractivity contribution is 9.09. The quantitative estimate of drug-likeness (QED) is 0.802. The van der Waals surface area contributed by atoms with E-state index in [2.05, 4.69) is 41.6 Å². The Morgan fingerprint density at radius 2 is 2.19 bits per heavy atom. The lowest BCUT2D eigenvalue weighted by Gasteiger charge is -2.40. The number of ether oxygens (including phenoxy) is 1. The van der Waals surface area contributed by atoms with Gasteiger partial charge in [0.1, 0.15) is 0 Å². The van der Waals surface area contributed by atoms with Crippen LogP contribution in [0.3, 0.4) is 0 Å². The van der Waals surface area contributed by atoms with Crippen LogP contribution >= 0.6 is 15.9 Å². The lowest BCUT2D eigenvalue weighted by Crippen LogP contribution is -2.50.